The molecule has 1 rings (SSSR count). The van der Waals surface area contributed by atoms with Gasteiger partial charge in [-0.1, -0.05) is 19.4 Å². The van der Waals surface area contributed by atoms with E-state index < -0.39 is 6.10 Å². The lowest BCUT2D eigenvalue weighted by Gasteiger charge is -2.29. The zero-order valence-electron chi connectivity index (χ0n) is 11.6. The largest absolute Gasteiger partial charge is 0.389 e. The summed E-state index contributed by atoms with van der Waals surface area (Å²) in [5.74, 6) is 0. The molecule has 0 amide bonds. The van der Waals surface area contributed by atoms with Crippen LogP contribution in [0.25, 0.3) is 0 Å². The Morgan fingerprint density at radius 3 is 2.56 bits per heavy atom. The van der Waals surface area contributed by atoms with E-state index in [9.17, 15) is 5.11 Å². The summed E-state index contributed by atoms with van der Waals surface area (Å²) in [6.07, 6.45) is 1.68. The third kappa shape index (κ3) is 3.24. The summed E-state index contributed by atoms with van der Waals surface area (Å²) < 4.78 is 0. The molecule has 0 saturated heterocycles. The highest BCUT2D eigenvalue weighted by Gasteiger charge is 2.16. The zero-order chi connectivity index (χ0) is 13.7. The molecular weight excluding hydrogens is 224 g/mol. The normalized spacial score (nSPS) is 13.8. The van der Waals surface area contributed by atoms with Crippen LogP contribution in [0.1, 0.15) is 50.8 Å². The Kier molecular flexibility index (Phi) is 5.18. The molecule has 0 saturated carbocycles. The van der Waals surface area contributed by atoms with Crippen molar-refractivity contribution in [2.24, 2.45) is 0 Å². The second-order valence-corrected chi connectivity index (χ2v) is 4.81. The summed E-state index contributed by atoms with van der Waals surface area (Å²) in [7, 11) is 2.02. The maximum atomic E-state index is 9.82. The minimum absolute atomic E-state index is 0.390. The number of aliphatic hydroxyl groups excluding tert-OH is 1. The molecule has 0 bridgehead atoms. The number of aliphatic hydroxyl groups is 1. The lowest BCUT2D eigenvalue weighted by molar-refractivity contribution is 0.199. The van der Waals surface area contributed by atoms with Crippen LogP contribution in [0.5, 0.6) is 0 Å². The predicted molar refractivity (Wildman–Crippen MR) is 74.6 cm³/mol. The monoisotopic (exact) mass is 246 g/mol. The van der Waals surface area contributed by atoms with E-state index in [0.29, 0.717) is 11.6 Å². The number of rotatable bonds is 5. The van der Waals surface area contributed by atoms with Crippen LogP contribution in [-0.2, 0) is 0 Å². The van der Waals surface area contributed by atoms with Crippen LogP contribution < -0.4 is 4.90 Å². The van der Waals surface area contributed by atoms with E-state index in [-0.39, 0.29) is 0 Å². The molecule has 18 heavy (non-hydrogen) atoms. The fourth-order valence-electron chi connectivity index (χ4n) is 2.12. The second kappa shape index (κ2) is 6.42. The standard InChI is InChI=1S/C15H22N2O/c1-5-6-11(2)17(4)15-9-13(10-16)7-8-14(15)12(3)18/h7-9,11-12,18H,5-6H2,1-4H3/t11?,12-/m0/s1. The van der Waals surface area contributed by atoms with Gasteiger partial charge in [0.05, 0.1) is 17.7 Å². The van der Waals surface area contributed by atoms with Gasteiger partial charge in [0.1, 0.15) is 0 Å². The highest BCUT2D eigenvalue weighted by Crippen LogP contribution is 2.28. The van der Waals surface area contributed by atoms with Crippen molar-refractivity contribution in [3.05, 3.63) is 29.3 Å². The lowest BCUT2D eigenvalue weighted by atomic mass is 10.0. The summed E-state index contributed by atoms with van der Waals surface area (Å²) >= 11 is 0. The van der Waals surface area contributed by atoms with Crippen LogP contribution in [0, 0.1) is 11.3 Å². The van der Waals surface area contributed by atoms with Gasteiger partial charge in [-0.15, -0.1) is 0 Å². The Hall–Kier alpha value is -1.53. The van der Waals surface area contributed by atoms with Crippen LogP contribution in [-0.4, -0.2) is 18.2 Å². The van der Waals surface area contributed by atoms with Crippen molar-refractivity contribution < 1.29 is 5.11 Å². The topological polar surface area (TPSA) is 47.3 Å². The van der Waals surface area contributed by atoms with Gasteiger partial charge in [-0.25, -0.2) is 0 Å². The van der Waals surface area contributed by atoms with Gasteiger partial charge < -0.3 is 10.0 Å². The molecule has 0 aliphatic heterocycles. The van der Waals surface area contributed by atoms with Crippen molar-refractivity contribution in [1.82, 2.24) is 0 Å². The van der Waals surface area contributed by atoms with Gasteiger partial charge in [-0.05, 0) is 32.4 Å². The zero-order valence-corrected chi connectivity index (χ0v) is 11.6. The number of nitriles is 1. The van der Waals surface area contributed by atoms with E-state index >= 15 is 0 Å². The Labute approximate surface area is 110 Å². The fraction of sp³-hybridized carbons (Fsp3) is 0.533. The van der Waals surface area contributed by atoms with E-state index in [1.165, 1.54) is 0 Å². The third-order valence-corrected chi connectivity index (χ3v) is 3.36. The van der Waals surface area contributed by atoms with E-state index in [1.54, 1.807) is 13.0 Å². The number of hydrogen-bond acceptors (Lipinski definition) is 3. The number of nitrogens with zero attached hydrogens (tertiary/aromatic N) is 2. The van der Waals surface area contributed by atoms with Crippen molar-refractivity contribution in [3.8, 4) is 6.07 Å². The van der Waals surface area contributed by atoms with Gasteiger partial charge >= 0.3 is 0 Å². The van der Waals surface area contributed by atoms with Crippen LogP contribution in [0.3, 0.4) is 0 Å². The molecule has 2 atom stereocenters. The highest BCUT2D eigenvalue weighted by molar-refractivity contribution is 5.58. The smallest absolute Gasteiger partial charge is 0.0992 e. The minimum Gasteiger partial charge on any atom is -0.389 e. The van der Waals surface area contributed by atoms with Crippen LogP contribution in [0.15, 0.2) is 18.2 Å². The van der Waals surface area contributed by atoms with Gasteiger partial charge in [0, 0.05) is 24.3 Å². The van der Waals surface area contributed by atoms with Gasteiger partial charge in [0.15, 0.2) is 0 Å². The van der Waals surface area contributed by atoms with Gasteiger partial charge in [-0.2, -0.15) is 5.26 Å². The molecule has 1 unspecified atom stereocenters. The molecule has 3 heteroatoms. The lowest BCUT2D eigenvalue weighted by Crippen LogP contribution is -2.29. The van der Waals surface area contributed by atoms with Gasteiger partial charge in [0.2, 0.25) is 0 Å². The van der Waals surface area contributed by atoms with Crippen LogP contribution in [0.4, 0.5) is 5.69 Å². The average molecular weight is 246 g/mol. The quantitative estimate of drug-likeness (QED) is 0.867. The molecule has 1 N–H and O–H groups in total. The van der Waals surface area contributed by atoms with Crippen molar-refractivity contribution in [2.75, 3.05) is 11.9 Å². The Balaban J connectivity index is 3.15. The summed E-state index contributed by atoms with van der Waals surface area (Å²) in [6.45, 7) is 6.07. The first-order chi connectivity index (χ1) is 8.51. The first kappa shape index (κ1) is 14.5. The molecule has 0 aliphatic carbocycles. The molecule has 1 aromatic rings. The van der Waals surface area contributed by atoms with E-state index in [2.05, 4.69) is 24.8 Å². The molecule has 0 spiro atoms. The Morgan fingerprint density at radius 2 is 2.06 bits per heavy atom. The SMILES string of the molecule is CCCC(C)N(C)c1cc(C#N)ccc1[C@H](C)O. The number of benzene rings is 1. The first-order valence-corrected chi connectivity index (χ1v) is 6.46. The molecule has 0 radical (unpaired) electrons. The van der Waals surface area contributed by atoms with E-state index in [4.69, 9.17) is 5.26 Å². The van der Waals surface area contributed by atoms with E-state index in [0.717, 1.165) is 24.1 Å². The molecule has 3 nitrogen and oxygen atoms in total. The van der Waals surface area contributed by atoms with Crippen molar-refractivity contribution in [2.45, 2.75) is 45.8 Å². The molecule has 98 valence electrons. The maximum absolute atomic E-state index is 9.82. The van der Waals surface area contributed by atoms with Crippen molar-refractivity contribution in [3.63, 3.8) is 0 Å². The number of anilines is 1. The Bertz CT molecular complexity index is 435. The number of hydrogen-bond donors (Lipinski definition) is 1. The minimum atomic E-state index is -0.524. The second-order valence-electron chi connectivity index (χ2n) is 4.81. The highest BCUT2D eigenvalue weighted by atomic mass is 16.3. The molecular formula is C15H22N2O. The molecule has 0 fully saturated rings. The predicted octanol–water partition coefficient (Wildman–Crippen LogP) is 3.24. The van der Waals surface area contributed by atoms with Gasteiger partial charge in [0.25, 0.3) is 0 Å². The third-order valence-electron chi connectivity index (χ3n) is 3.36. The summed E-state index contributed by atoms with van der Waals surface area (Å²) in [5, 5.41) is 18.8. The van der Waals surface area contributed by atoms with Crippen molar-refractivity contribution in [1.29, 1.82) is 5.26 Å². The fourth-order valence-corrected chi connectivity index (χ4v) is 2.12. The summed E-state index contributed by atoms with van der Waals surface area (Å²) in [6, 6.07) is 7.99. The molecule has 0 aliphatic rings. The van der Waals surface area contributed by atoms with Gasteiger partial charge in [-0.3, -0.25) is 0 Å². The maximum Gasteiger partial charge on any atom is 0.0992 e. The summed E-state index contributed by atoms with van der Waals surface area (Å²) in [4.78, 5) is 2.15. The van der Waals surface area contributed by atoms with Crippen molar-refractivity contribution >= 4 is 5.69 Å². The molecule has 1 aromatic carbocycles. The molecule has 0 aromatic heterocycles. The van der Waals surface area contributed by atoms with Crippen LogP contribution >= 0.6 is 0 Å². The average Bonchev–Trinajstić information content (AvgIpc) is 2.37. The first-order valence-electron chi connectivity index (χ1n) is 6.46. The summed E-state index contributed by atoms with van der Waals surface area (Å²) in [5.41, 5.74) is 2.45. The van der Waals surface area contributed by atoms with Crippen LogP contribution in [0.2, 0.25) is 0 Å². The molecule has 0 heterocycles. The Morgan fingerprint density at radius 1 is 1.39 bits per heavy atom. The van der Waals surface area contributed by atoms with E-state index in [1.807, 2.05) is 19.2 Å².